The van der Waals surface area contributed by atoms with Crippen molar-refractivity contribution in [3.8, 4) is 11.5 Å². The lowest BCUT2D eigenvalue weighted by atomic mass is 10.2. The molecule has 1 aromatic heterocycles. The predicted molar refractivity (Wildman–Crippen MR) is 74.1 cm³/mol. The zero-order chi connectivity index (χ0) is 14.5. The van der Waals surface area contributed by atoms with Gasteiger partial charge in [-0.3, -0.25) is 4.79 Å². The lowest BCUT2D eigenvalue weighted by Gasteiger charge is -2.13. The number of nitrogens with zero attached hydrogens (tertiary/aromatic N) is 2. The number of aldehydes is 1. The molecule has 0 fully saturated rings. The zero-order valence-corrected chi connectivity index (χ0v) is 12.6. The van der Waals surface area contributed by atoms with E-state index in [9.17, 15) is 4.79 Å². The molecule has 1 aromatic carbocycles. The normalized spacial score (nSPS) is 10.3. The Kier molecular flexibility index (Phi) is 4.73. The van der Waals surface area contributed by atoms with Gasteiger partial charge >= 0.3 is 0 Å². The SMILES string of the molecule is CCOc1cc(C=O)cc(Br)c1OCc1nc(C)no1. The van der Waals surface area contributed by atoms with Gasteiger partial charge in [-0.1, -0.05) is 5.16 Å². The van der Waals surface area contributed by atoms with Gasteiger partial charge < -0.3 is 14.0 Å². The summed E-state index contributed by atoms with van der Waals surface area (Å²) in [6, 6.07) is 3.28. The Morgan fingerprint density at radius 2 is 2.20 bits per heavy atom. The van der Waals surface area contributed by atoms with Crippen molar-refractivity contribution in [3.05, 3.63) is 33.9 Å². The molecule has 7 heteroatoms. The van der Waals surface area contributed by atoms with Crippen molar-refractivity contribution in [2.75, 3.05) is 6.61 Å². The number of aromatic nitrogens is 2. The second-order valence-electron chi connectivity index (χ2n) is 3.90. The molecule has 106 valence electrons. The van der Waals surface area contributed by atoms with Crippen LogP contribution in [-0.2, 0) is 6.61 Å². The molecule has 0 atom stereocenters. The molecule has 2 rings (SSSR count). The molecule has 2 aromatic rings. The largest absolute Gasteiger partial charge is 0.490 e. The maximum Gasteiger partial charge on any atom is 0.264 e. The van der Waals surface area contributed by atoms with Crippen molar-refractivity contribution in [2.45, 2.75) is 20.5 Å². The van der Waals surface area contributed by atoms with Crippen LogP contribution in [0.3, 0.4) is 0 Å². The van der Waals surface area contributed by atoms with Crippen LogP contribution in [0, 0.1) is 6.92 Å². The average molecular weight is 341 g/mol. The summed E-state index contributed by atoms with van der Waals surface area (Å²) in [6.07, 6.45) is 0.748. The standard InChI is InChI=1S/C13H13BrN2O4/c1-3-18-11-5-9(6-17)4-10(14)13(11)19-7-12-15-8(2)16-20-12/h4-6H,3,7H2,1-2H3. The zero-order valence-electron chi connectivity index (χ0n) is 11.1. The van der Waals surface area contributed by atoms with Crippen LogP contribution in [-0.4, -0.2) is 23.0 Å². The third-order valence-electron chi connectivity index (χ3n) is 2.38. The highest BCUT2D eigenvalue weighted by Gasteiger charge is 2.14. The molecule has 0 radical (unpaired) electrons. The summed E-state index contributed by atoms with van der Waals surface area (Å²) in [4.78, 5) is 14.9. The van der Waals surface area contributed by atoms with Crippen LogP contribution in [0.15, 0.2) is 21.1 Å². The third kappa shape index (κ3) is 3.36. The fraction of sp³-hybridized carbons (Fsp3) is 0.308. The van der Waals surface area contributed by atoms with E-state index in [4.69, 9.17) is 14.0 Å². The average Bonchev–Trinajstić information content (AvgIpc) is 2.83. The van der Waals surface area contributed by atoms with Crippen molar-refractivity contribution in [1.29, 1.82) is 0 Å². The van der Waals surface area contributed by atoms with Gasteiger partial charge in [-0.25, -0.2) is 0 Å². The van der Waals surface area contributed by atoms with Crippen LogP contribution >= 0.6 is 15.9 Å². The Labute approximate surface area is 124 Å². The Balaban J connectivity index is 2.22. The number of carbonyl (C=O) groups is 1. The van der Waals surface area contributed by atoms with E-state index in [1.807, 2.05) is 6.92 Å². The highest BCUT2D eigenvalue weighted by molar-refractivity contribution is 9.10. The summed E-state index contributed by atoms with van der Waals surface area (Å²) in [5.41, 5.74) is 0.501. The minimum Gasteiger partial charge on any atom is -0.490 e. The maximum absolute atomic E-state index is 10.9. The van der Waals surface area contributed by atoms with E-state index < -0.39 is 0 Å². The molecule has 0 bridgehead atoms. The van der Waals surface area contributed by atoms with Crippen LogP contribution in [0.2, 0.25) is 0 Å². The molecular formula is C13H13BrN2O4. The van der Waals surface area contributed by atoms with Gasteiger partial charge in [0.15, 0.2) is 23.9 Å². The van der Waals surface area contributed by atoms with Crippen LogP contribution in [0.5, 0.6) is 11.5 Å². The Bertz CT molecular complexity index is 612. The van der Waals surface area contributed by atoms with E-state index in [0.717, 1.165) is 6.29 Å². The molecule has 0 saturated heterocycles. The van der Waals surface area contributed by atoms with Gasteiger partial charge in [0.25, 0.3) is 5.89 Å². The highest BCUT2D eigenvalue weighted by atomic mass is 79.9. The topological polar surface area (TPSA) is 74.5 Å². The van der Waals surface area contributed by atoms with Crippen molar-refractivity contribution in [3.63, 3.8) is 0 Å². The summed E-state index contributed by atoms with van der Waals surface area (Å²) in [5.74, 6) is 1.90. The Hall–Kier alpha value is -1.89. The number of carbonyl (C=O) groups excluding carboxylic acids is 1. The quantitative estimate of drug-likeness (QED) is 0.752. The first-order valence-electron chi connectivity index (χ1n) is 5.97. The van der Waals surface area contributed by atoms with E-state index in [2.05, 4.69) is 26.1 Å². The van der Waals surface area contributed by atoms with E-state index >= 15 is 0 Å². The molecular weight excluding hydrogens is 328 g/mol. The van der Waals surface area contributed by atoms with Crippen molar-refractivity contribution < 1.29 is 18.8 Å². The molecule has 0 aliphatic heterocycles. The van der Waals surface area contributed by atoms with Gasteiger partial charge in [0.2, 0.25) is 0 Å². The first-order chi connectivity index (χ1) is 9.63. The number of ether oxygens (including phenoxy) is 2. The third-order valence-corrected chi connectivity index (χ3v) is 2.97. The molecule has 0 aliphatic carbocycles. The van der Waals surface area contributed by atoms with Gasteiger partial charge in [-0.2, -0.15) is 4.98 Å². The number of aryl methyl sites for hydroxylation is 1. The molecule has 0 saturated carbocycles. The minimum absolute atomic E-state index is 0.125. The number of rotatable bonds is 6. The van der Waals surface area contributed by atoms with Crippen LogP contribution in [0.25, 0.3) is 0 Å². The van der Waals surface area contributed by atoms with Crippen molar-refractivity contribution in [1.82, 2.24) is 10.1 Å². The molecule has 1 heterocycles. The van der Waals surface area contributed by atoms with Gasteiger partial charge in [0, 0.05) is 5.56 Å². The number of halogens is 1. The Morgan fingerprint density at radius 1 is 1.40 bits per heavy atom. The number of benzene rings is 1. The first kappa shape index (κ1) is 14.5. The van der Waals surface area contributed by atoms with Crippen molar-refractivity contribution >= 4 is 22.2 Å². The second-order valence-corrected chi connectivity index (χ2v) is 4.76. The van der Waals surface area contributed by atoms with E-state index in [-0.39, 0.29) is 6.61 Å². The molecule has 0 N–H and O–H groups in total. The van der Waals surface area contributed by atoms with Crippen LogP contribution in [0.1, 0.15) is 29.0 Å². The summed E-state index contributed by atoms with van der Waals surface area (Å²) in [5, 5.41) is 3.68. The number of hydrogen-bond acceptors (Lipinski definition) is 6. The molecule has 0 aliphatic rings. The summed E-state index contributed by atoms with van der Waals surface area (Å²) < 4.78 is 16.7. The molecule has 0 unspecified atom stereocenters. The minimum atomic E-state index is 0.125. The maximum atomic E-state index is 10.9. The highest BCUT2D eigenvalue weighted by Crippen LogP contribution is 2.37. The lowest BCUT2D eigenvalue weighted by Crippen LogP contribution is -2.01. The molecule has 0 spiro atoms. The predicted octanol–water partition coefficient (Wildman–Crippen LogP) is 2.93. The van der Waals surface area contributed by atoms with Gasteiger partial charge in [-0.15, -0.1) is 0 Å². The number of hydrogen-bond donors (Lipinski definition) is 0. The second kappa shape index (κ2) is 6.51. The molecule has 0 amide bonds. The van der Waals surface area contributed by atoms with Gasteiger partial charge in [0.1, 0.15) is 6.29 Å². The summed E-state index contributed by atoms with van der Waals surface area (Å²) in [6.45, 7) is 4.17. The van der Waals surface area contributed by atoms with E-state index in [1.54, 1.807) is 19.1 Å². The van der Waals surface area contributed by atoms with Gasteiger partial charge in [-0.05, 0) is 41.9 Å². The van der Waals surface area contributed by atoms with E-state index in [1.165, 1.54) is 0 Å². The fourth-order valence-corrected chi connectivity index (χ4v) is 2.17. The summed E-state index contributed by atoms with van der Waals surface area (Å²) in [7, 11) is 0. The first-order valence-corrected chi connectivity index (χ1v) is 6.76. The molecule has 6 nitrogen and oxygen atoms in total. The summed E-state index contributed by atoms with van der Waals surface area (Å²) >= 11 is 3.36. The fourth-order valence-electron chi connectivity index (χ4n) is 1.59. The van der Waals surface area contributed by atoms with Crippen LogP contribution < -0.4 is 9.47 Å². The van der Waals surface area contributed by atoms with Crippen molar-refractivity contribution in [2.24, 2.45) is 0 Å². The van der Waals surface area contributed by atoms with E-state index in [0.29, 0.717) is 39.9 Å². The smallest absolute Gasteiger partial charge is 0.264 e. The van der Waals surface area contributed by atoms with Gasteiger partial charge in [0.05, 0.1) is 11.1 Å². The monoisotopic (exact) mass is 340 g/mol. The Morgan fingerprint density at radius 3 is 2.80 bits per heavy atom. The lowest BCUT2D eigenvalue weighted by molar-refractivity contribution is 0.112. The van der Waals surface area contributed by atoms with Crippen LogP contribution in [0.4, 0.5) is 0 Å². The molecule has 20 heavy (non-hydrogen) atoms.